The number of hydrogen-bond acceptors (Lipinski definition) is 4. The standard InChI is InChI=1S/C19H19N3O2/c1-14(24-13-7-10-15-8-3-2-4-9-15)18-21-17-12-6-5-11-16(17)19(23)22(18)20/h2-12,14H,13,20H2,1H3. The molecule has 0 radical (unpaired) electrons. The summed E-state index contributed by atoms with van der Waals surface area (Å²) in [5.41, 5.74) is 1.45. The Morgan fingerprint density at radius 3 is 2.67 bits per heavy atom. The summed E-state index contributed by atoms with van der Waals surface area (Å²) < 4.78 is 6.81. The number of benzene rings is 2. The third-order valence-corrected chi connectivity index (χ3v) is 3.75. The van der Waals surface area contributed by atoms with Gasteiger partial charge in [-0.05, 0) is 24.6 Å². The molecule has 122 valence electrons. The van der Waals surface area contributed by atoms with Crippen LogP contribution in [-0.2, 0) is 4.74 Å². The minimum absolute atomic E-state index is 0.272. The van der Waals surface area contributed by atoms with Crippen LogP contribution in [0, 0.1) is 0 Å². The molecular formula is C19H19N3O2. The maximum Gasteiger partial charge on any atom is 0.279 e. The SMILES string of the molecule is CC(OCC=Cc1ccccc1)c1nc2ccccc2c(=O)n1N. The van der Waals surface area contributed by atoms with E-state index in [4.69, 9.17) is 10.6 Å². The van der Waals surface area contributed by atoms with Crippen molar-refractivity contribution in [2.75, 3.05) is 12.4 Å². The van der Waals surface area contributed by atoms with Gasteiger partial charge in [0.2, 0.25) is 0 Å². The second-order valence-electron chi connectivity index (χ2n) is 5.45. The molecule has 1 unspecified atom stereocenters. The maximum atomic E-state index is 12.3. The van der Waals surface area contributed by atoms with E-state index >= 15 is 0 Å². The predicted molar refractivity (Wildman–Crippen MR) is 96.0 cm³/mol. The van der Waals surface area contributed by atoms with Crippen molar-refractivity contribution in [1.29, 1.82) is 0 Å². The first-order valence-corrected chi connectivity index (χ1v) is 7.77. The van der Waals surface area contributed by atoms with E-state index in [0.29, 0.717) is 23.3 Å². The van der Waals surface area contributed by atoms with Crippen molar-refractivity contribution < 1.29 is 4.74 Å². The number of fused-ring (bicyclic) bond motifs is 1. The first kappa shape index (κ1) is 16.0. The molecular weight excluding hydrogens is 302 g/mol. The van der Waals surface area contributed by atoms with Crippen molar-refractivity contribution in [3.63, 3.8) is 0 Å². The molecule has 0 saturated carbocycles. The summed E-state index contributed by atoms with van der Waals surface area (Å²) >= 11 is 0. The number of aromatic nitrogens is 2. The van der Waals surface area contributed by atoms with Gasteiger partial charge in [0.25, 0.3) is 5.56 Å². The topological polar surface area (TPSA) is 70.1 Å². The molecule has 2 N–H and O–H groups in total. The third kappa shape index (κ3) is 3.36. The Labute approximate surface area is 140 Å². The number of ether oxygens (including phenoxy) is 1. The van der Waals surface area contributed by atoms with Crippen molar-refractivity contribution in [2.45, 2.75) is 13.0 Å². The molecule has 1 aromatic heterocycles. The molecule has 2 aromatic carbocycles. The van der Waals surface area contributed by atoms with Crippen LogP contribution in [0.5, 0.6) is 0 Å². The van der Waals surface area contributed by atoms with Gasteiger partial charge in [-0.2, -0.15) is 0 Å². The van der Waals surface area contributed by atoms with Gasteiger partial charge in [0.1, 0.15) is 6.10 Å². The quantitative estimate of drug-likeness (QED) is 0.734. The Bertz CT molecular complexity index is 917. The van der Waals surface area contributed by atoms with Crippen LogP contribution in [0.1, 0.15) is 24.4 Å². The summed E-state index contributed by atoms with van der Waals surface area (Å²) in [7, 11) is 0. The van der Waals surface area contributed by atoms with Crippen LogP contribution in [0.2, 0.25) is 0 Å². The van der Waals surface area contributed by atoms with E-state index in [1.807, 2.05) is 55.5 Å². The van der Waals surface area contributed by atoms with Crippen LogP contribution in [0.3, 0.4) is 0 Å². The van der Waals surface area contributed by atoms with E-state index < -0.39 is 6.10 Å². The molecule has 24 heavy (non-hydrogen) atoms. The molecule has 3 rings (SSSR count). The summed E-state index contributed by atoms with van der Waals surface area (Å²) in [5, 5.41) is 0.500. The maximum absolute atomic E-state index is 12.3. The smallest absolute Gasteiger partial charge is 0.279 e. The lowest BCUT2D eigenvalue weighted by Crippen LogP contribution is -2.33. The highest BCUT2D eigenvalue weighted by molar-refractivity contribution is 5.77. The van der Waals surface area contributed by atoms with Gasteiger partial charge in [-0.1, -0.05) is 54.6 Å². The molecule has 5 nitrogen and oxygen atoms in total. The van der Waals surface area contributed by atoms with Crippen LogP contribution in [0.15, 0.2) is 65.5 Å². The molecule has 0 aliphatic rings. The Hall–Kier alpha value is -2.92. The van der Waals surface area contributed by atoms with Gasteiger partial charge in [0.05, 0.1) is 17.5 Å². The Balaban J connectivity index is 1.74. The number of para-hydroxylation sites is 1. The Morgan fingerprint density at radius 2 is 1.88 bits per heavy atom. The highest BCUT2D eigenvalue weighted by Crippen LogP contribution is 2.15. The van der Waals surface area contributed by atoms with Crippen LogP contribution in [0.4, 0.5) is 0 Å². The minimum Gasteiger partial charge on any atom is -0.366 e. The van der Waals surface area contributed by atoms with Crippen molar-refractivity contribution in [1.82, 2.24) is 9.66 Å². The third-order valence-electron chi connectivity index (χ3n) is 3.75. The van der Waals surface area contributed by atoms with Crippen LogP contribution in [0.25, 0.3) is 17.0 Å². The van der Waals surface area contributed by atoms with E-state index in [1.54, 1.807) is 18.2 Å². The minimum atomic E-state index is -0.396. The van der Waals surface area contributed by atoms with Gasteiger partial charge in [-0.3, -0.25) is 4.79 Å². The molecule has 0 aliphatic heterocycles. The van der Waals surface area contributed by atoms with Crippen LogP contribution >= 0.6 is 0 Å². The van der Waals surface area contributed by atoms with Gasteiger partial charge in [0, 0.05) is 0 Å². The van der Waals surface area contributed by atoms with Crippen molar-refractivity contribution in [3.8, 4) is 0 Å². The zero-order valence-corrected chi connectivity index (χ0v) is 13.4. The van der Waals surface area contributed by atoms with Gasteiger partial charge in [-0.25, -0.2) is 9.66 Å². The summed E-state index contributed by atoms with van der Waals surface area (Å²) in [5.74, 6) is 6.30. The van der Waals surface area contributed by atoms with Crippen molar-refractivity contribution >= 4 is 17.0 Å². The van der Waals surface area contributed by atoms with Crippen molar-refractivity contribution in [3.05, 3.63) is 82.4 Å². The molecule has 0 fully saturated rings. The first-order valence-electron chi connectivity index (χ1n) is 7.77. The summed E-state index contributed by atoms with van der Waals surface area (Å²) in [6.45, 7) is 2.23. The Morgan fingerprint density at radius 1 is 1.17 bits per heavy atom. The highest BCUT2D eigenvalue weighted by atomic mass is 16.5. The Kier molecular flexibility index (Phi) is 4.72. The lowest BCUT2D eigenvalue weighted by molar-refractivity contribution is 0.0799. The van der Waals surface area contributed by atoms with E-state index in [1.165, 1.54) is 0 Å². The second-order valence-corrected chi connectivity index (χ2v) is 5.45. The van der Waals surface area contributed by atoms with Gasteiger partial charge in [0.15, 0.2) is 5.82 Å². The second kappa shape index (κ2) is 7.10. The number of nitrogens with zero attached hydrogens (tertiary/aromatic N) is 2. The lowest BCUT2D eigenvalue weighted by Gasteiger charge is -2.15. The number of nitrogens with two attached hydrogens (primary N) is 1. The number of hydrogen-bond donors (Lipinski definition) is 1. The predicted octanol–water partition coefficient (Wildman–Crippen LogP) is 2.90. The molecule has 3 aromatic rings. The largest absolute Gasteiger partial charge is 0.366 e. The van der Waals surface area contributed by atoms with Gasteiger partial charge < -0.3 is 10.6 Å². The first-order chi connectivity index (χ1) is 11.7. The highest BCUT2D eigenvalue weighted by Gasteiger charge is 2.14. The van der Waals surface area contributed by atoms with E-state index in [2.05, 4.69) is 4.98 Å². The number of rotatable bonds is 5. The summed E-state index contributed by atoms with van der Waals surface area (Å²) in [6.07, 6.45) is 3.51. The lowest BCUT2D eigenvalue weighted by atomic mass is 10.2. The molecule has 0 aliphatic carbocycles. The summed E-state index contributed by atoms with van der Waals surface area (Å²) in [4.78, 5) is 16.8. The average Bonchev–Trinajstić information content (AvgIpc) is 2.62. The van der Waals surface area contributed by atoms with Crippen molar-refractivity contribution in [2.24, 2.45) is 0 Å². The van der Waals surface area contributed by atoms with E-state index in [9.17, 15) is 4.79 Å². The molecule has 0 bridgehead atoms. The van der Waals surface area contributed by atoms with Gasteiger partial charge >= 0.3 is 0 Å². The monoisotopic (exact) mass is 321 g/mol. The molecule has 1 atom stereocenters. The zero-order chi connectivity index (χ0) is 16.9. The average molecular weight is 321 g/mol. The van der Waals surface area contributed by atoms with Gasteiger partial charge in [-0.15, -0.1) is 0 Å². The fourth-order valence-electron chi connectivity index (χ4n) is 2.47. The normalized spacial score (nSPS) is 12.7. The zero-order valence-electron chi connectivity index (χ0n) is 13.4. The molecule has 1 heterocycles. The fraction of sp³-hybridized carbons (Fsp3) is 0.158. The van der Waals surface area contributed by atoms with Crippen LogP contribution in [-0.4, -0.2) is 16.3 Å². The fourth-order valence-corrected chi connectivity index (χ4v) is 2.47. The molecule has 0 saturated heterocycles. The molecule has 5 heteroatoms. The van der Waals surface area contributed by atoms with Crippen LogP contribution < -0.4 is 11.4 Å². The molecule has 0 amide bonds. The summed E-state index contributed by atoms with van der Waals surface area (Å²) in [6, 6.07) is 17.1. The molecule has 0 spiro atoms. The van der Waals surface area contributed by atoms with E-state index in [-0.39, 0.29) is 5.56 Å². The van der Waals surface area contributed by atoms with E-state index in [0.717, 1.165) is 10.2 Å². The number of nitrogen functional groups attached to an aromatic ring is 1.